The molecule has 18 heavy (non-hydrogen) atoms. The van der Waals surface area contributed by atoms with Crippen molar-refractivity contribution in [1.29, 1.82) is 0 Å². The molecular weight excluding hydrogens is 222 g/mol. The van der Waals surface area contributed by atoms with Gasteiger partial charge in [-0.2, -0.15) is 0 Å². The van der Waals surface area contributed by atoms with Crippen LogP contribution in [0.5, 0.6) is 0 Å². The summed E-state index contributed by atoms with van der Waals surface area (Å²) in [6, 6.07) is 4.76. The van der Waals surface area contributed by atoms with Crippen molar-refractivity contribution in [2.75, 3.05) is 19.6 Å². The largest absolute Gasteiger partial charge is 0.311 e. The number of pyridine rings is 1. The van der Waals surface area contributed by atoms with Crippen molar-refractivity contribution in [2.45, 2.75) is 39.3 Å². The van der Waals surface area contributed by atoms with Crippen LogP contribution in [0.25, 0.3) is 0 Å². The SMILES string of the molecule is CC(C)N(CCNCc1cccnc1)CC1CC1. The van der Waals surface area contributed by atoms with Crippen molar-refractivity contribution in [1.82, 2.24) is 15.2 Å². The van der Waals surface area contributed by atoms with E-state index in [4.69, 9.17) is 0 Å². The quantitative estimate of drug-likeness (QED) is 0.714. The molecular formula is C15H25N3. The molecule has 1 saturated carbocycles. The molecule has 0 atom stereocenters. The number of nitrogens with one attached hydrogen (secondary N) is 1. The van der Waals surface area contributed by atoms with Gasteiger partial charge in [-0.05, 0) is 44.2 Å². The lowest BCUT2D eigenvalue weighted by Gasteiger charge is -2.26. The molecule has 0 radical (unpaired) electrons. The summed E-state index contributed by atoms with van der Waals surface area (Å²) in [5.41, 5.74) is 1.26. The Morgan fingerprint density at radius 2 is 2.28 bits per heavy atom. The highest BCUT2D eigenvalue weighted by molar-refractivity contribution is 5.07. The third kappa shape index (κ3) is 4.75. The molecule has 3 nitrogen and oxygen atoms in total. The zero-order chi connectivity index (χ0) is 12.8. The van der Waals surface area contributed by atoms with Gasteiger partial charge in [0, 0.05) is 44.6 Å². The van der Waals surface area contributed by atoms with E-state index in [0.717, 1.165) is 25.6 Å². The number of aromatic nitrogens is 1. The Hall–Kier alpha value is -0.930. The van der Waals surface area contributed by atoms with E-state index in [1.54, 1.807) is 0 Å². The van der Waals surface area contributed by atoms with Crippen LogP contribution < -0.4 is 5.32 Å². The molecule has 0 spiro atoms. The van der Waals surface area contributed by atoms with E-state index in [9.17, 15) is 0 Å². The summed E-state index contributed by atoms with van der Waals surface area (Å²) in [6.45, 7) is 9.00. The van der Waals surface area contributed by atoms with Crippen LogP contribution in [0.3, 0.4) is 0 Å². The van der Waals surface area contributed by atoms with Crippen LogP contribution in [-0.2, 0) is 6.54 Å². The second-order valence-corrected chi connectivity index (χ2v) is 5.57. The Morgan fingerprint density at radius 3 is 2.89 bits per heavy atom. The van der Waals surface area contributed by atoms with Gasteiger partial charge in [0.25, 0.3) is 0 Å². The number of rotatable bonds is 8. The van der Waals surface area contributed by atoms with Gasteiger partial charge in [-0.25, -0.2) is 0 Å². The maximum atomic E-state index is 4.12. The Balaban J connectivity index is 1.63. The van der Waals surface area contributed by atoms with Crippen molar-refractivity contribution in [3.05, 3.63) is 30.1 Å². The molecule has 0 amide bonds. The number of nitrogens with zero attached hydrogens (tertiary/aromatic N) is 2. The summed E-state index contributed by atoms with van der Waals surface area (Å²) in [7, 11) is 0. The summed E-state index contributed by atoms with van der Waals surface area (Å²) in [6.07, 6.45) is 6.62. The highest BCUT2D eigenvalue weighted by Gasteiger charge is 2.24. The lowest BCUT2D eigenvalue weighted by molar-refractivity contribution is 0.213. The Labute approximate surface area is 111 Å². The van der Waals surface area contributed by atoms with Gasteiger partial charge in [0.2, 0.25) is 0 Å². The fourth-order valence-electron chi connectivity index (χ4n) is 2.15. The molecule has 0 unspecified atom stereocenters. The molecule has 0 aliphatic heterocycles. The van der Waals surface area contributed by atoms with Crippen molar-refractivity contribution < 1.29 is 0 Å². The van der Waals surface area contributed by atoms with Crippen LogP contribution in [0.1, 0.15) is 32.3 Å². The Morgan fingerprint density at radius 1 is 1.44 bits per heavy atom. The Kier molecular flexibility index (Phi) is 5.14. The molecule has 0 saturated heterocycles. The fourth-order valence-corrected chi connectivity index (χ4v) is 2.15. The highest BCUT2D eigenvalue weighted by atomic mass is 15.2. The summed E-state index contributed by atoms with van der Waals surface area (Å²) in [4.78, 5) is 6.72. The van der Waals surface area contributed by atoms with Crippen molar-refractivity contribution in [3.63, 3.8) is 0 Å². The van der Waals surface area contributed by atoms with Crippen LogP contribution in [0.4, 0.5) is 0 Å². The summed E-state index contributed by atoms with van der Waals surface area (Å²) < 4.78 is 0. The summed E-state index contributed by atoms with van der Waals surface area (Å²) >= 11 is 0. The van der Waals surface area contributed by atoms with E-state index < -0.39 is 0 Å². The van der Waals surface area contributed by atoms with Crippen LogP contribution in [0.15, 0.2) is 24.5 Å². The van der Waals surface area contributed by atoms with Gasteiger partial charge in [-0.3, -0.25) is 9.88 Å². The first-order chi connectivity index (χ1) is 8.75. The second kappa shape index (κ2) is 6.86. The minimum absolute atomic E-state index is 0.658. The molecule has 1 aliphatic rings. The molecule has 1 aliphatic carbocycles. The van der Waals surface area contributed by atoms with Crippen LogP contribution in [0.2, 0.25) is 0 Å². The van der Waals surface area contributed by atoms with Crippen LogP contribution in [0, 0.1) is 5.92 Å². The van der Waals surface area contributed by atoms with E-state index in [-0.39, 0.29) is 0 Å². The van der Waals surface area contributed by atoms with E-state index >= 15 is 0 Å². The highest BCUT2D eigenvalue weighted by Crippen LogP contribution is 2.30. The van der Waals surface area contributed by atoms with E-state index in [1.807, 2.05) is 18.5 Å². The average Bonchev–Trinajstić information content (AvgIpc) is 3.18. The van der Waals surface area contributed by atoms with Gasteiger partial charge < -0.3 is 5.32 Å². The van der Waals surface area contributed by atoms with Gasteiger partial charge in [0.1, 0.15) is 0 Å². The lowest BCUT2D eigenvalue weighted by Crippen LogP contribution is -2.38. The molecule has 2 rings (SSSR count). The maximum absolute atomic E-state index is 4.12. The van der Waals surface area contributed by atoms with Crippen molar-refractivity contribution >= 4 is 0 Å². The molecule has 3 heteroatoms. The van der Waals surface area contributed by atoms with Crippen LogP contribution >= 0.6 is 0 Å². The standard InChI is InChI=1S/C15H25N3/c1-13(2)18(12-14-5-6-14)9-8-17-11-15-4-3-7-16-10-15/h3-4,7,10,13-14,17H,5-6,8-9,11-12H2,1-2H3. The molecule has 1 fully saturated rings. The molecule has 1 aromatic heterocycles. The summed E-state index contributed by atoms with van der Waals surface area (Å²) in [5.74, 6) is 0.978. The van der Waals surface area contributed by atoms with E-state index in [1.165, 1.54) is 24.9 Å². The van der Waals surface area contributed by atoms with Gasteiger partial charge in [0.05, 0.1) is 0 Å². The minimum atomic E-state index is 0.658. The molecule has 100 valence electrons. The zero-order valence-electron chi connectivity index (χ0n) is 11.6. The van der Waals surface area contributed by atoms with Crippen LogP contribution in [-0.4, -0.2) is 35.6 Å². The average molecular weight is 247 g/mol. The van der Waals surface area contributed by atoms with Gasteiger partial charge in [-0.1, -0.05) is 6.07 Å². The third-order valence-corrected chi connectivity index (χ3v) is 3.55. The number of hydrogen-bond acceptors (Lipinski definition) is 3. The maximum Gasteiger partial charge on any atom is 0.0312 e. The summed E-state index contributed by atoms with van der Waals surface area (Å²) in [5, 5.41) is 3.50. The third-order valence-electron chi connectivity index (χ3n) is 3.55. The smallest absolute Gasteiger partial charge is 0.0312 e. The van der Waals surface area contributed by atoms with E-state index in [2.05, 4.69) is 35.1 Å². The van der Waals surface area contributed by atoms with Crippen molar-refractivity contribution in [2.24, 2.45) is 5.92 Å². The van der Waals surface area contributed by atoms with Gasteiger partial charge in [-0.15, -0.1) is 0 Å². The molecule has 1 aromatic rings. The fraction of sp³-hybridized carbons (Fsp3) is 0.667. The minimum Gasteiger partial charge on any atom is -0.311 e. The molecule has 1 N–H and O–H groups in total. The molecule has 0 aromatic carbocycles. The van der Waals surface area contributed by atoms with Gasteiger partial charge >= 0.3 is 0 Å². The second-order valence-electron chi connectivity index (χ2n) is 5.57. The predicted octanol–water partition coefficient (Wildman–Crippen LogP) is 2.29. The van der Waals surface area contributed by atoms with Crippen molar-refractivity contribution in [3.8, 4) is 0 Å². The first-order valence-electron chi connectivity index (χ1n) is 7.09. The Bertz CT molecular complexity index is 333. The predicted molar refractivity (Wildman–Crippen MR) is 75.4 cm³/mol. The molecule has 1 heterocycles. The number of hydrogen-bond donors (Lipinski definition) is 1. The normalized spacial score (nSPS) is 15.6. The first kappa shape index (κ1) is 13.5. The monoisotopic (exact) mass is 247 g/mol. The lowest BCUT2D eigenvalue weighted by atomic mass is 10.2. The topological polar surface area (TPSA) is 28.2 Å². The zero-order valence-corrected chi connectivity index (χ0v) is 11.6. The van der Waals surface area contributed by atoms with E-state index in [0.29, 0.717) is 6.04 Å². The molecule has 0 bridgehead atoms. The van der Waals surface area contributed by atoms with Gasteiger partial charge in [0.15, 0.2) is 0 Å². The first-order valence-corrected chi connectivity index (χ1v) is 7.09.